The summed E-state index contributed by atoms with van der Waals surface area (Å²) in [6.07, 6.45) is 2.56. The summed E-state index contributed by atoms with van der Waals surface area (Å²) in [6.45, 7) is 2.06. The van der Waals surface area contributed by atoms with Crippen molar-refractivity contribution in [3.8, 4) is 0 Å². The molecule has 148 valence electrons. The molecule has 0 aromatic heterocycles. The Bertz CT molecular complexity index is 771. The lowest BCUT2D eigenvalue weighted by Crippen LogP contribution is -2.21. The van der Waals surface area contributed by atoms with Crippen molar-refractivity contribution in [3.63, 3.8) is 0 Å². The SMILES string of the molecule is CCCCOC(=O)c1ccc(NC(=O)COC(=O)CCc2ccccc2)cc1. The minimum Gasteiger partial charge on any atom is -0.462 e. The fraction of sp³-hybridized carbons (Fsp3) is 0.318. The zero-order valence-corrected chi connectivity index (χ0v) is 16.0. The lowest BCUT2D eigenvalue weighted by Gasteiger charge is -2.08. The van der Waals surface area contributed by atoms with Gasteiger partial charge < -0.3 is 14.8 Å². The van der Waals surface area contributed by atoms with Crippen LogP contribution < -0.4 is 5.32 Å². The molecular weight excluding hydrogens is 358 g/mol. The fourth-order valence-electron chi connectivity index (χ4n) is 2.39. The molecular formula is C22H25NO5. The van der Waals surface area contributed by atoms with Crippen molar-refractivity contribution in [1.29, 1.82) is 0 Å². The van der Waals surface area contributed by atoms with Crippen LogP contribution >= 0.6 is 0 Å². The predicted octanol–water partition coefficient (Wildman–Crippen LogP) is 3.76. The van der Waals surface area contributed by atoms with Gasteiger partial charge in [-0.1, -0.05) is 43.7 Å². The molecule has 28 heavy (non-hydrogen) atoms. The van der Waals surface area contributed by atoms with Crippen LogP contribution in [0.25, 0.3) is 0 Å². The van der Waals surface area contributed by atoms with Gasteiger partial charge in [0.2, 0.25) is 0 Å². The van der Waals surface area contributed by atoms with E-state index in [0.29, 0.717) is 24.3 Å². The van der Waals surface area contributed by atoms with E-state index in [1.165, 1.54) is 0 Å². The average molecular weight is 383 g/mol. The summed E-state index contributed by atoms with van der Waals surface area (Å²) in [6, 6.07) is 16.0. The number of hydrogen-bond acceptors (Lipinski definition) is 5. The van der Waals surface area contributed by atoms with Crippen LogP contribution in [0.5, 0.6) is 0 Å². The predicted molar refractivity (Wildman–Crippen MR) is 106 cm³/mol. The van der Waals surface area contributed by atoms with Crippen LogP contribution in [0.1, 0.15) is 42.1 Å². The summed E-state index contributed by atoms with van der Waals surface area (Å²) in [4.78, 5) is 35.5. The highest BCUT2D eigenvalue weighted by atomic mass is 16.5. The second-order valence-electron chi connectivity index (χ2n) is 6.26. The van der Waals surface area contributed by atoms with Gasteiger partial charge in [0.15, 0.2) is 6.61 Å². The first-order chi connectivity index (χ1) is 13.6. The van der Waals surface area contributed by atoms with Crippen LogP contribution in [0.15, 0.2) is 54.6 Å². The molecule has 0 radical (unpaired) electrons. The van der Waals surface area contributed by atoms with Gasteiger partial charge >= 0.3 is 11.9 Å². The first-order valence-electron chi connectivity index (χ1n) is 9.35. The van der Waals surface area contributed by atoms with Gasteiger partial charge in [-0.3, -0.25) is 9.59 Å². The van der Waals surface area contributed by atoms with Gasteiger partial charge in [0, 0.05) is 12.1 Å². The topological polar surface area (TPSA) is 81.7 Å². The lowest BCUT2D eigenvalue weighted by molar-refractivity contribution is -0.147. The highest BCUT2D eigenvalue weighted by molar-refractivity contribution is 5.94. The Labute approximate surface area is 164 Å². The molecule has 6 nitrogen and oxygen atoms in total. The van der Waals surface area contributed by atoms with Crippen LogP contribution in [0.3, 0.4) is 0 Å². The maximum absolute atomic E-state index is 11.9. The Balaban J connectivity index is 1.70. The van der Waals surface area contributed by atoms with Gasteiger partial charge in [-0.05, 0) is 42.7 Å². The molecule has 0 saturated heterocycles. The number of nitrogens with one attached hydrogen (secondary N) is 1. The third-order valence-corrected chi connectivity index (χ3v) is 3.96. The molecule has 0 fully saturated rings. The first kappa shape index (κ1) is 21.2. The van der Waals surface area contributed by atoms with Crippen LogP contribution in [-0.4, -0.2) is 31.1 Å². The zero-order chi connectivity index (χ0) is 20.2. The van der Waals surface area contributed by atoms with Gasteiger partial charge in [-0.2, -0.15) is 0 Å². The number of anilines is 1. The maximum Gasteiger partial charge on any atom is 0.338 e. The van der Waals surface area contributed by atoms with Crippen molar-refractivity contribution in [2.24, 2.45) is 0 Å². The summed E-state index contributed by atoms with van der Waals surface area (Å²) in [7, 11) is 0. The quantitative estimate of drug-likeness (QED) is 0.499. The molecule has 0 bridgehead atoms. The Morgan fingerprint density at radius 3 is 2.32 bits per heavy atom. The first-order valence-corrected chi connectivity index (χ1v) is 9.35. The van der Waals surface area contributed by atoms with Gasteiger partial charge in [0.05, 0.1) is 12.2 Å². The summed E-state index contributed by atoms with van der Waals surface area (Å²) in [5.41, 5.74) is 1.97. The summed E-state index contributed by atoms with van der Waals surface area (Å²) >= 11 is 0. The molecule has 0 atom stereocenters. The molecule has 0 saturated carbocycles. The van der Waals surface area contributed by atoms with Gasteiger partial charge in [-0.15, -0.1) is 0 Å². The maximum atomic E-state index is 11.9. The average Bonchev–Trinajstić information content (AvgIpc) is 2.72. The van der Waals surface area contributed by atoms with Crippen LogP contribution in [-0.2, 0) is 25.5 Å². The van der Waals surface area contributed by atoms with Crippen LogP contribution in [0, 0.1) is 0 Å². The van der Waals surface area contributed by atoms with E-state index in [4.69, 9.17) is 9.47 Å². The highest BCUT2D eigenvalue weighted by Crippen LogP contribution is 2.11. The Morgan fingerprint density at radius 2 is 1.64 bits per heavy atom. The standard InChI is InChI=1S/C22H25NO5/c1-2-3-15-27-22(26)18-10-12-19(13-11-18)23-20(24)16-28-21(25)14-9-17-7-5-4-6-8-17/h4-8,10-13H,2-3,9,14-16H2,1H3,(H,23,24). The van der Waals surface area contributed by atoms with E-state index in [0.717, 1.165) is 18.4 Å². The van der Waals surface area contributed by atoms with Crippen molar-refractivity contribution in [2.75, 3.05) is 18.5 Å². The van der Waals surface area contributed by atoms with Crippen molar-refractivity contribution in [3.05, 3.63) is 65.7 Å². The van der Waals surface area contributed by atoms with Crippen LogP contribution in [0.2, 0.25) is 0 Å². The minimum atomic E-state index is -0.439. The number of aryl methyl sites for hydroxylation is 1. The molecule has 2 aromatic carbocycles. The number of rotatable bonds is 10. The second-order valence-corrected chi connectivity index (χ2v) is 6.26. The van der Waals surface area contributed by atoms with Gasteiger partial charge in [0.1, 0.15) is 0 Å². The number of ether oxygens (including phenoxy) is 2. The van der Waals surface area contributed by atoms with Crippen molar-refractivity contribution in [2.45, 2.75) is 32.6 Å². The molecule has 0 aliphatic carbocycles. The van der Waals surface area contributed by atoms with E-state index in [1.54, 1.807) is 24.3 Å². The molecule has 0 heterocycles. The minimum absolute atomic E-state index is 0.214. The number of benzene rings is 2. The van der Waals surface area contributed by atoms with E-state index in [1.807, 2.05) is 37.3 Å². The summed E-state index contributed by atoms with van der Waals surface area (Å²) < 4.78 is 10.1. The number of unbranched alkanes of at least 4 members (excludes halogenated alkanes) is 1. The van der Waals surface area contributed by atoms with Crippen molar-refractivity contribution >= 4 is 23.5 Å². The van der Waals surface area contributed by atoms with E-state index >= 15 is 0 Å². The Hall–Kier alpha value is -3.15. The number of carbonyl (C=O) groups is 3. The number of esters is 2. The zero-order valence-electron chi connectivity index (χ0n) is 16.0. The number of amides is 1. The van der Waals surface area contributed by atoms with E-state index in [2.05, 4.69) is 5.32 Å². The molecule has 0 spiro atoms. The van der Waals surface area contributed by atoms with Crippen molar-refractivity contribution < 1.29 is 23.9 Å². The molecule has 1 N–H and O–H groups in total. The number of hydrogen-bond donors (Lipinski definition) is 1. The third-order valence-electron chi connectivity index (χ3n) is 3.96. The molecule has 0 unspecified atom stereocenters. The van der Waals surface area contributed by atoms with Crippen LogP contribution in [0.4, 0.5) is 5.69 Å². The molecule has 0 aliphatic heterocycles. The lowest BCUT2D eigenvalue weighted by atomic mass is 10.1. The smallest absolute Gasteiger partial charge is 0.338 e. The normalized spacial score (nSPS) is 10.2. The highest BCUT2D eigenvalue weighted by Gasteiger charge is 2.10. The third kappa shape index (κ3) is 7.61. The Kier molecular flexibility index (Phi) is 8.72. The fourth-order valence-corrected chi connectivity index (χ4v) is 2.39. The van der Waals surface area contributed by atoms with E-state index in [9.17, 15) is 14.4 Å². The summed E-state index contributed by atoms with van der Waals surface area (Å²) in [5, 5.41) is 2.62. The largest absolute Gasteiger partial charge is 0.462 e. The van der Waals surface area contributed by atoms with Gasteiger partial charge in [-0.25, -0.2) is 4.79 Å². The van der Waals surface area contributed by atoms with E-state index < -0.39 is 17.8 Å². The molecule has 1 amide bonds. The van der Waals surface area contributed by atoms with Gasteiger partial charge in [0.25, 0.3) is 5.91 Å². The second kappa shape index (κ2) is 11.5. The van der Waals surface area contributed by atoms with Crippen molar-refractivity contribution in [1.82, 2.24) is 0 Å². The molecule has 6 heteroatoms. The molecule has 0 aliphatic rings. The number of carbonyl (C=O) groups excluding carboxylic acids is 3. The Morgan fingerprint density at radius 1 is 0.929 bits per heavy atom. The molecule has 2 rings (SSSR count). The molecule has 2 aromatic rings. The summed E-state index contributed by atoms with van der Waals surface area (Å²) in [5.74, 6) is -1.26. The van der Waals surface area contributed by atoms with E-state index in [-0.39, 0.29) is 13.0 Å². The monoisotopic (exact) mass is 383 g/mol.